The van der Waals surface area contributed by atoms with Crippen LogP contribution < -0.4 is 0 Å². The molecule has 0 aliphatic carbocycles. The Morgan fingerprint density at radius 1 is 1.14 bits per heavy atom. The van der Waals surface area contributed by atoms with Crippen LogP contribution in [0.4, 0.5) is 0 Å². The summed E-state index contributed by atoms with van der Waals surface area (Å²) in [6.07, 6.45) is 0. The fourth-order valence-electron chi connectivity index (χ4n) is 2.00. The van der Waals surface area contributed by atoms with Crippen molar-refractivity contribution < 1.29 is 4.79 Å². The quantitative estimate of drug-likeness (QED) is 0.394. The second-order valence-electron chi connectivity index (χ2n) is 4.73. The molecule has 22 heavy (non-hydrogen) atoms. The van der Waals surface area contributed by atoms with E-state index in [4.69, 9.17) is 0 Å². The maximum absolute atomic E-state index is 12.1. The molecule has 0 saturated heterocycles. The third kappa shape index (κ3) is 3.61. The van der Waals surface area contributed by atoms with Gasteiger partial charge in [-0.25, -0.2) is 9.97 Å². The second kappa shape index (κ2) is 6.85. The Morgan fingerprint density at radius 2 is 1.95 bits per heavy atom. The zero-order valence-corrected chi connectivity index (χ0v) is 13.7. The van der Waals surface area contributed by atoms with Crippen molar-refractivity contribution in [1.29, 1.82) is 0 Å². The van der Waals surface area contributed by atoms with Gasteiger partial charge in [0.15, 0.2) is 10.9 Å². The van der Waals surface area contributed by atoms with Gasteiger partial charge in [-0.2, -0.15) is 0 Å². The summed E-state index contributed by atoms with van der Waals surface area (Å²) >= 11 is 2.85. The van der Waals surface area contributed by atoms with E-state index < -0.39 is 0 Å². The highest BCUT2D eigenvalue weighted by molar-refractivity contribution is 7.99. The smallest absolute Gasteiger partial charge is 0.188 e. The van der Waals surface area contributed by atoms with E-state index in [1.807, 2.05) is 60.8 Å². The third-order valence-electron chi connectivity index (χ3n) is 3.03. The SMILES string of the molecule is Cc1cc(-c2ccccc2)nc(SCC(=O)c2cccs2)n1. The number of hydrogen-bond acceptors (Lipinski definition) is 5. The van der Waals surface area contributed by atoms with Crippen molar-refractivity contribution in [2.45, 2.75) is 12.1 Å². The first-order valence-corrected chi connectivity index (χ1v) is 8.69. The molecule has 0 atom stereocenters. The fraction of sp³-hybridized carbons (Fsp3) is 0.118. The van der Waals surface area contributed by atoms with Crippen molar-refractivity contribution in [2.75, 3.05) is 5.75 Å². The van der Waals surface area contributed by atoms with Crippen LogP contribution in [0.5, 0.6) is 0 Å². The van der Waals surface area contributed by atoms with Crippen molar-refractivity contribution in [2.24, 2.45) is 0 Å². The van der Waals surface area contributed by atoms with Crippen LogP contribution in [0.3, 0.4) is 0 Å². The summed E-state index contributed by atoms with van der Waals surface area (Å²) in [7, 11) is 0. The Labute approximate surface area is 137 Å². The third-order valence-corrected chi connectivity index (χ3v) is 4.79. The van der Waals surface area contributed by atoms with Crippen molar-refractivity contribution in [3.8, 4) is 11.3 Å². The molecular formula is C17H14N2OS2. The summed E-state index contributed by atoms with van der Waals surface area (Å²) in [6.45, 7) is 1.94. The van der Waals surface area contributed by atoms with Crippen LogP contribution in [0.2, 0.25) is 0 Å². The highest BCUT2D eigenvalue weighted by Crippen LogP contribution is 2.22. The van der Waals surface area contributed by atoms with Crippen molar-refractivity contribution >= 4 is 28.9 Å². The molecule has 5 heteroatoms. The molecule has 0 unspecified atom stereocenters. The molecule has 0 N–H and O–H groups in total. The van der Waals surface area contributed by atoms with E-state index in [2.05, 4.69) is 9.97 Å². The molecule has 3 nitrogen and oxygen atoms in total. The molecule has 0 saturated carbocycles. The number of carbonyl (C=O) groups is 1. The molecular weight excluding hydrogens is 312 g/mol. The van der Waals surface area contributed by atoms with E-state index in [1.54, 1.807) is 0 Å². The summed E-state index contributed by atoms with van der Waals surface area (Å²) in [4.78, 5) is 21.8. The lowest BCUT2D eigenvalue weighted by molar-refractivity contribution is 0.102. The molecule has 110 valence electrons. The van der Waals surface area contributed by atoms with Crippen LogP contribution in [-0.2, 0) is 0 Å². The molecule has 2 aromatic heterocycles. The van der Waals surface area contributed by atoms with Crippen molar-refractivity contribution in [3.05, 3.63) is 64.5 Å². The zero-order chi connectivity index (χ0) is 15.4. The molecule has 0 spiro atoms. The predicted octanol–water partition coefficient (Wildman–Crippen LogP) is 4.49. The summed E-state index contributed by atoms with van der Waals surface area (Å²) in [5.41, 5.74) is 2.85. The Balaban J connectivity index is 1.77. The molecule has 3 rings (SSSR count). The minimum Gasteiger partial charge on any atom is -0.292 e. The predicted molar refractivity (Wildman–Crippen MR) is 91.6 cm³/mol. The maximum atomic E-state index is 12.1. The largest absolute Gasteiger partial charge is 0.292 e. The van der Waals surface area contributed by atoms with Gasteiger partial charge in [-0.1, -0.05) is 48.2 Å². The van der Waals surface area contributed by atoms with Gasteiger partial charge < -0.3 is 0 Å². The lowest BCUT2D eigenvalue weighted by Crippen LogP contribution is -2.01. The number of carbonyl (C=O) groups excluding carboxylic acids is 1. The first-order valence-electron chi connectivity index (χ1n) is 6.83. The van der Waals surface area contributed by atoms with Crippen LogP contribution >= 0.6 is 23.1 Å². The number of ketones is 1. The van der Waals surface area contributed by atoms with Gasteiger partial charge in [0.05, 0.1) is 16.3 Å². The Hall–Kier alpha value is -1.98. The summed E-state index contributed by atoms with van der Waals surface area (Å²) < 4.78 is 0. The van der Waals surface area contributed by atoms with Crippen LogP contribution in [0.15, 0.2) is 59.1 Å². The Kier molecular flexibility index (Phi) is 4.65. The van der Waals surface area contributed by atoms with Crippen molar-refractivity contribution in [1.82, 2.24) is 9.97 Å². The number of thioether (sulfide) groups is 1. The minimum absolute atomic E-state index is 0.117. The lowest BCUT2D eigenvalue weighted by Gasteiger charge is -2.05. The normalized spacial score (nSPS) is 10.6. The molecule has 0 aliphatic rings. The van der Waals surface area contributed by atoms with E-state index in [0.717, 1.165) is 21.8 Å². The van der Waals surface area contributed by atoms with Crippen LogP contribution in [0.1, 0.15) is 15.4 Å². The van der Waals surface area contributed by atoms with Gasteiger partial charge in [0.25, 0.3) is 0 Å². The summed E-state index contributed by atoms with van der Waals surface area (Å²) in [5.74, 6) is 0.476. The molecule has 2 heterocycles. The summed E-state index contributed by atoms with van der Waals surface area (Å²) in [6, 6.07) is 15.7. The Morgan fingerprint density at radius 3 is 2.68 bits per heavy atom. The molecule has 0 aliphatic heterocycles. The van der Waals surface area contributed by atoms with Gasteiger partial charge >= 0.3 is 0 Å². The monoisotopic (exact) mass is 326 g/mol. The van der Waals surface area contributed by atoms with E-state index in [0.29, 0.717) is 10.9 Å². The number of aryl methyl sites for hydroxylation is 1. The molecule has 0 radical (unpaired) electrons. The van der Waals surface area contributed by atoms with E-state index >= 15 is 0 Å². The zero-order valence-electron chi connectivity index (χ0n) is 12.0. The highest BCUT2D eigenvalue weighted by atomic mass is 32.2. The Bertz CT molecular complexity index is 771. The van der Waals surface area contributed by atoms with Gasteiger partial charge in [0, 0.05) is 11.3 Å². The van der Waals surface area contributed by atoms with E-state index in [1.165, 1.54) is 23.1 Å². The van der Waals surface area contributed by atoms with Crippen LogP contribution in [0, 0.1) is 6.92 Å². The molecule has 3 aromatic rings. The maximum Gasteiger partial charge on any atom is 0.188 e. The average molecular weight is 326 g/mol. The molecule has 1 aromatic carbocycles. The van der Waals surface area contributed by atoms with Crippen LogP contribution in [-0.4, -0.2) is 21.5 Å². The lowest BCUT2D eigenvalue weighted by atomic mass is 10.1. The van der Waals surface area contributed by atoms with Gasteiger partial charge in [0.1, 0.15) is 0 Å². The number of aromatic nitrogens is 2. The number of nitrogens with zero attached hydrogens (tertiary/aromatic N) is 2. The first kappa shape index (κ1) is 14.9. The highest BCUT2D eigenvalue weighted by Gasteiger charge is 2.10. The first-order chi connectivity index (χ1) is 10.7. The standard InChI is InChI=1S/C17H14N2OS2/c1-12-10-14(13-6-3-2-4-7-13)19-17(18-12)22-11-15(20)16-8-5-9-21-16/h2-10H,11H2,1H3. The number of benzene rings is 1. The van der Waals surface area contributed by atoms with Crippen LogP contribution in [0.25, 0.3) is 11.3 Å². The van der Waals surface area contributed by atoms with E-state index in [9.17, 15) is 4.79 Å². The van der Waals surface area contributed by atoms with Crippen molar-refractivity contribution in [3.63, 3.8) is 0 Å². The molecule has 0 bridgehead atoms. The topological polar surface area (TPSA) is 42.9 Å². The minimum atomic E-state index is 0.117. The van der Waals surface area contributed by atoms with E-state index in [-0.39, 0.29) is 5.78 Å². The van der Waals surface area contributed by atoms with Gasteiger partial charge in [0.2, 0.25) is 0 Å². The molecule has 0 amide bonds. The number of Topliss-reactive ketones (excluding diaryl/α,β-unsaturated/α-hetero) is 1. The van der Waals surface area contributed by atoms with Gasteiger partial charge in [-0.15, -0.1) is 11.3 Å². The average Bonchev–Trinajstić information content (AvgIpc) is 3.07. The molecule has 0 fully saturated rings. The fourth-order valence-corrected chi connectivity index (χ4v) is 3.54. The van der Waals surface area contributed by atoms with Gasteiger partial charge in [-0.05, 0) is 24.4 Å². The number of rotatable bonds is 5. The number of hydrogen-bond donors (Lipinski definition) is 0. The number of thiophene rings is 1. The van der Waals surface area contributed by atoms with Gasteiger partial charge in [-0.3, -0.25) is 4.79 Å². The summed E-state index contributed by atoms with van der Waals surface area (Å²) in [5, 5.41) is 2.55. The second-order valence-corrected chi connectivity index (χ2v) is 6.62.